The molecule has 1 atom stereocenters. The molecule has 25 heavy (non-hydrogen) atoms. The lowest BCUT2D eigenvalue weighted by Crippen LogP contribution is -2.36. The van der Waals surface area contributed by atoms with Crippen LogP contribution in [-0.4, -0.2) is 31.3 Å². The van der Waals surface area contributed by atoms with Gasteiger partial charge in [-0.3, -0.25) is 4.79 Å². The maximum atomic E-state index is 11.5. The number of ether oxygens (including phenoxy) is 1. The Balaban J connectivity index is 1.40. The molecule has 1 fully saturated rings. The molecule has 1 aromatic heterocycles. The van der Waals surface area contributed by atoms with Gasteiger partial charge in [0.1, 0.15) is 0 Å². The van der Waals surface area contributed by atoms with Gasteiger partial charge in [-0.2, -0.15) is 0 Å². The van der Waals surface area contributed by atoms with E-state index in [1.54, 1.807) is 6.07 Å². The highest BCUT2D eigenvalue weighted by molar-refractivity contribution is 5.48. The summed E-state index contributed by atoms with van der Waals surface area (Å²) in [4.78, 5) is 16.9. The quantitative estimate of drug-likeness (QED) is 0.898. The van der Waals surface area contributed by atoms with Crippen LogP contribution < -0.4 is 15.8 Å². The molecule has 5 nitrogen and oxygen atoms in total. The highest BCUT2D eigenvalue weighted by atomic mass is 16.5. The minimum absolute atomic E-state index is 0.00176. The van der Waals surface area contributed by atoms with Gasteiger partial charge in [-0.05, 0) is 42.5 Å². The first kappa shape index (κ1) is 16.4. The van der Waals surface area contributed by atoms with Gasteiger partial charge in [0.15, 0.2) is 0 Å². The van der Waals surface area contributed by atoms with Crippen molar-refractivity contribution in [1.29, 1.82) is 0 Å². The maximum absolute atomic E-state index is 11.5. The van der Waals surface area contributed by atoms with Crippen molar-refractivity contribution < 1.29 is 4.74 Å². The summed E-state index contributed by atoms with van der Waals surface area (Å²) < 4.78 is 5.41. The smallest absolute Gasteiger partial charge is 0.248 e. The summed E-state index contributed by atoms with van der Waals surface area (Å²) in [6.45, 7) is 4.40. The molecule has 2 heterocycles. The van der Waals surface area contributed by atoms with Crippen molar-refractivity contribution in [2.75, 3.05) is 31.2 Å². The first-order valence-electron chi connectivity index (χ1n) is 9.17. The molecule has 0 bridgehead atoms. The van der Waals surface area contributed by atoms with Crippen molar-refractivity contribution in [2.24, 2.45) is 0 Å². The van der Waals surface area contributed by atoms with Crippen molar-refractivity contribution in [3.63, 3.8) is 0 Å². The molecule has 0 radical (unpaired) electrons. The van der Waals surface area contributed by atoms with Gasteiger partial charge >= 0.3 is 0 Å². The zero-order chi connectivity index (χ0) is 17.1. The number of benzene rings is 1. The zero-order valence-corrected chi connectivity index (χ0v) is 14.5. The van der Waals surface area contributed by atoms with Crippen molar-refractivity contribution in [2.45, 2.75) is 31.8 Å². The molecular weight excluding hydrogens is 314 g/mol. The number of fused-ring (bicyclic) bond motifs is 1. The summed E-state index contributed by atoms with van der Waals surface area (Å²) in [5, 5.41) is 3.66. The van der Waals surface area contributed by atoms with Crippen LogP contribution in [0.5, 0.6) is 0 Å². The monoisotopic (exact) mass is 339 g/mol. The number of H-pyrrole nitrogens is 1. The normalized spacial score (nSPS) is 20.3. The number of hydrogen-bond acceptors (Lipinski definition) is 4. The predicted octanol–water partition coefficient (Wildman–Crippen LogP) is 2.38. The van der Waals surface area contributed by atoms with Crippen LogP contribution in [0.3, 0.4) is 0 Å². The van der Waals surface area contributed by atoms with Crippen molar-refractivity contribution in [3.05, 3.63) is 63.6 Å². The molecule has 1 aliphatic heterocycles. The molecule has 0 saturated carbocycles. The van der Waals surface area contributed by atoms with E-state index in [1.807, 2.05) is 6.07 Å². The Kier molecular flexibility index (Phi) is 4.85. The van der Waals surface area contributed by atoms with Gasteiger partial charge in [-0.25, -0.2) is 0 Å². The second kappa shape index (κ2) is 7.42. The van der Waals surface area contributed by atoms with E-state index in [1.165, 1.54) is 16.8 Å². The van der Waals surface area contributed by atoms with E-state index in [2.05, 4.69) is 39.5 Å². The third-order valence-electron chi connectivity index (χ3n) is 5.20. The summed E-state index contributed by atoms with van der Waals surface area (Å²) in [5.41, 5.74) is 4.90. The van der Waals surface area contributed by atoms with Gasteiger partial charge in [0, 0.05) is 43.1 Å². The molecule has 5 heteroatoms. The lowest BCUT2D eigenvalue weighted by atomic mass is 9.91. The van der Waals surface area contributed by atoms with E-state index in [4.69, 9.17) is 4.74 Å². The van der Waals surface area contributed by atoms with Crippen LogP contribution in [0.4, 0.5) is 5.69 Å². The fraction of sp³-hybridized carbons (Fsp3) is 0.450. The van der Waals surface area contributed by atoms with Crippen LogP contribution in [0.15, 0.2) is 41.2 Å². The van der Waals surface area contributed by atoms with Crippen LogP contribution in [-0.2, 0) is 17.7 Å². The van der Waals surface area contributed by atoms with Gasteiger partial charge < -0.3 is 19.9 Å². The third-order valence-corrected chi connectivity index (χ3v) is 5.20. The number of hydrogen-bond donors (Lipinski definition) is 2. The van der Waals surface area contributed by atoms with E-state index in [0.29, 0.717) is 6.04 Å². The number of morpholine rings is 1. The van der Waals surface area contributed by atoms with Gasteiger partial charge in [0.25, 0.3) is 0 Å². The van der Waals surface area contributed by atoms with E-state index >= 15 is 0 Å². The first-order chi connectivity index (χ1) is 12.3. The van der Waals surface area contributed by atoms with E-state index < -0.39 is 0 Å². The van der Waals surface area contributed by atoms with Crippen molar-refractivity contribution >= 4 is 5.69 Å². The van der Waals surface area contributed by atoms with Crippen molar-refractivity contribution in [3.8, 4) is 0 Å². The molecule has 132 valence electrons. The third kappa shape index (κ3) is 3.78. The van der Waals surface area contributed by atoms with Crippen LogP contribution in [0.1, 0.15) is 35.7 Å². The minimum Gasteiger partial charge on any atom is -0.378 e. The Morgan fingerprint density at radius 3 is 2.72 bits per heavy atom. The van der Waals surface area contributed by atoms with Crippen LogP contribution in [0.2, 0.25) is 0 Å². The average Bonchev–Trinajstić information content (AvgIpc) is 2.67. The van der Waals surface area contributed by atoms with E-state index in [-0.39, 0.29) is 5.56 Å². The Morgan fingerprint density at radius 1 is 1.12 bits per heavy atom. The van der Waals surface area contributed by atoms with Crippen LogP contribution in [0.25, 0.3) is 0 Å². The molecule has 1 unspecified atom stereocenters. The van der Waals surface area contributed by atoms with Gasteiger partial charge in [0.2, 0.25) is 5.56 Å². The zero-order valence-electron chi connectivity index (χ0n) is 14.5. The second-order valence-electron chi connectivity index (χ2n) is 6.85. The second-order valence-corrected chi connectivity index (χ2v) is 6.85. The molecule has 4 rings (SSSR count). The minimum atomic E-state index is -0.00176. The number of rotatable bonds is 4. The van der Waals surface area contributed by atoms with Crippen LogP contribution in [0, 0.1) is 0 Å². The molecule has 2 N–H and O–H groups in total. The van der Waals surface area contributed by atoms with Crippen LogP contribution >= 0.6 is 0 Å². The summed E-state index contributed by atoms with van der Waals surface area (Å²) in [7, 11) is 0. The Bertz CT molecular complexity index is 763. The fourth-order valence-electron chi connectivity index (χ4n) is 3.80. The highest BCUT2D eigenvalue weighted by Crippen LogP contribution is 2.28. The lowest BCUT2D eigenvalue weighted by molar-refractivity contribution is 0.122. The molecular formula is C20H25N3O2. The number of anilines is 1. The largest absolute Gasteiger partial charge is 0.378 e. The Labute approximate surface area is 148 Å². The summed E-state index contributed by atoms with van der Waals surface area (Å²) in [5.74, 6) is 0. The Morgan fingerprint density at radius 2 is 1.92 bits per heavy atom. The predicted molar refractivity (Wildman–Crippen MR) is 99.1 cm³/mol. The maximum Gasteiger partial charge on any atom is 0.248 e. The number of nitrogens with zero attached hydrogens (tertiary/aromatic N) is 1. The number of nitrogens with one attached hydrogen (secondary N) is 2. The van der Waals surface area contributed by atoms with Gasteiger partial charge in [-0.15, -0.1) is 0 Å². The topological polar surface area (TPSA) is 57.4 Å². The summed E-state index contributed by atoms with van der Waals surface area (Å²) in [6.07, 6.45) is 3.20. The average molecular weight is 339 g/mol. The highest BCUT2D eigenvalue weighted by Gasteiger charge is 2.20. The fourth-order valence-corrected chi connectivity index (χ4v) is 3.80. The molecule has 2 aliphatic rings. The molecule has 0 spiro atoms. The first-order valence-corrected chi connectivity index (χ1v) is 9.17. The number of aromatic amines is 1. The Hall–Kier alpha value is -2.11. The van der Waals surface area contributed by atoms with Crippen molar-refractivity contribution in [1.82, 2.24) is 10.3 Å². The number of pyridine rings is 1. The molecule has 1 saturated heterocycles. The standard InChI is InChI=1S/C20H25N3O2/c24-20-9-8-17-18(2-1-3-19(17)22-20)21-14-15-4-6-16(7-5-15)23-10-12-25-13-11-23/h4-9,18,21H,1-3,10-14H2,(H,22,24). The molecule has 2 aromatic rings. The van der Waals surface area contributed by atoms with E-state index in [0.717, 1.165) is 57.8 Å². The SMILES string of the molecule is O=c1ccc2c([nH]1)CCCC2NCc1ccc(N2CCOCC2)cc1. The number of aromatic nitrogens is 1. The van der Waals surface area contributed by atoms with Gasteiger partial charge in [0.05, 0.1) is 13.2 Å². The van der Waals surface area contributed by atoms with Gasteiger partial charge in [-0.1, -0.05) is 18.2 Å². The number of aryl methyl sites for hydroxylation is 1. The lowest BCUT2D eigenvalue weighted by Gasteiger charge is -2.29. The van der Waals surface area contributed by atoms with E-state index in [9.17, 15) is 4.79 Å². The summed E-state index contributed by atoms with van der Waals surface area (Å²) in [6, 6.07) is 12.7. The molecule has 0 amide bonds. The summed E-state index contributed by atoms with van der Waals surface area (Å²) >= 11 is 0. The molecule has 1 aliphatic carbocycles. The molecule has 1 aromatic carbocycles.